The van der Waals surface area contributed by atoms with Crippen molar-refractivity contribution < 1.29 is 19.4 Å². The number of likely N-dealkylation sites (tertiary alicyclic amines) is 1. The van der Waals surface area contributed by atoms with Gasteiger partial charge in [-0.1, -0.05) is 6.92 Å². The molecule has 5 nitrogen and oxygen atoms in total. The molecule has 0 radical (unpaired) electrons. The highest BCUT2D eigenvalue weighted by molar-refractivity contribution is 5.77. The van der Waals surface area contributed by atoms with Gasteiger partial charge in [0.15, 0.2) is 0 Å². The van der Waals surface area contributed by atoms with E-state index >= 15 is 0 Å². The summed E-state index contributed by atoms with van der Waals surface area (Å²) in [4.78, 5) is 13.5. The van der Waals surface area contributed by atoms with Crippen LogP contribution in [0, 0.1) is 0 Å². The van der Waals surface area contributed by atoms with Crippen LogP contribution in [0.1, 0.15) is 19.8 Å². The Kier molecular flexibility index (Phi) is 4.49. The van der Waals surface area contributed by atoms with Gasteiger partial charge in [-0.15, -0.1) is 0 Å². The van der Waals surface area contributed by atoms with Crippen molar-refractivity contribution in [1.29, 1.82) is 0 Å². The van der Waals surface area contributed by atoms with E-state index in [0.29, 0.717) is 38.3 Å². The Hall–Kier alpha value is -1.75. The number of β-amino-alcohol motifs (C(OH)–C–C–N with tert-alkyl or cyclic N) is 1. The molecule has 0 aliphatic carbocycles. The molecule has 1 aromatic carbocycles. The molecule has 1 aromatic rings. The maximum absolute atomic E-state index is 11.8. The minimum atomic E-state index is -0.674. The van der Waals surface area contributed by atoms with Crippen molar-refractivity contribution >= 4 is 5.91 Å². The van der Waals surface area contributed by atoms with Crippen LogP contribution in [0.4, 0.5) is 0 Å². The molecule has 0 saturated carbocycles. The summed E-state index contributed by atoms with van der Waals surface area (Å²) in [6.07, 6.45) is 1.00. The molecule has 1 aliphatic heterocycles. The number of carbonyl (C=O) groups excluding carboxylic acids is 1. The van der Waals surface area contributed by atoms with Crippen LogP contribution in [0.3, 0.4) is 0 Å². The molecule has 110 valence electrons. The summed E-state index contributed by atoms with van der Waals surface area (Å²) in [5.74, 6) is 1.51. The van der Waals surface area contributed by atoms with E-state index in [1.165, 1.54) is 0 Å². The Labute approximate surface area is 119 Å². The average Bonchev–Trinajstić information content (AvgIpc) is 2.44. The molecule has 1 heterocycles. The number of carbonyl (C=O) groups is 1. The number of ether oxygens (including phenoxy) is 2. The third kappa shape index (κ3) is 3.42. The molecule has 20 heavy (non-hydrogen) atoms. The first-order valence-corrected chi connectivity index (χ1v) is 6.83. The minimum Gasteiger partial charge on any atom is -0.497 e. The zero-order valence-electron chi connectivity index (χ0n) is 12.0. The largest absolute Gasteiger partial charge is 0.497 e. The molecule has 0 unspecified atom stereocenters. The first-order valence-electron chi connectivity index (χ1n) is 6.83. The molecule has 0 aromatic heterocycles. The van der Waals surface area contributed by atoms with Gasteiger partial charge < -0.3 is 19.5 Å². The first-order chi connectivity index (χ1) is 9.56. The normalized spacial score (nSPS) is 16.4. The number of rotatable bonds is 6. The van der Waals surface area contributed by atoms with Crippen molar-refractivity contribution in [3.63, 3.8) is 0 Å². The Morgan fingerprint density at radius 2 is 1.90 bits per heavy atom. The second-order valence-electron chi connectivity index (χ2n) is 5.10. The smallest absolute Gasteiger partial charge is 0.226 e. The number of aliphatic hydroxyl groups is 1. The van der Waals surface area contributed by atoms with Crippen LogP contribution < -0.4 is 9.47 Å². The van der Waals surface area contributed by atoms with Gasteiger partial charge in [0.05, 0.1) is 38.8 Å². The predicted molar refractivity (Wildman–Crippen MR) is 74.9 cm³/mol. The fraction of sp³-hybridized carbons (Fsp3) is 0.533. The summed E-state index contributed by atoms with van der Waals surface area (Å²) in [7, 11) is 1.61. The van der Waals surface area contributed by atoms with Crippen LogP contribution in [-0.4, -0.2) is 48.3 Å². The van der Waals surface area contributed by atoms with Crippen LogP contribution in [0.25, 0.3) is 0 Å². The summed E-state index contributed by atoms with van der Waals surface area (Å²) < 4.78 is 10.6. The molecule has 2 rings (SSSR count). The lowest BCUT2D eigenvalue weighted by molar-refractivity contribution is -0.156. The molecule has 5 heteroatoms. The fourth-order valence-corrected chi connectivity index (χ4v) is 2.15. The van der Waals surface area contributed by atoms with Crippen molar-refractivity contribution in [2.75, 3.05) is 26.8 Å². The van der Waals surface area contributed by atoms with E-state index in [9.17, 15) is 9.90 Å². The second-order valence-corrected chi connectivity index (χ2v) is 5.10. The number of amides is 1. The standard InChI is InChI=1S/C15H21NO4/c1-3-15(18)10-16(11-15)14(17)8-9-20-13-6-4-12(19-2)5-7-13/h4-7,18H,3,8-11H2,1-2H3. The molecule has 1 aliphatic rings. The van der Waals surface area contributed by atoms with Crippen molar-refractivity contribution in [3.8, 4) is 11.5 Å². The third-order valence-corrected chi connectivity index (χ3v) is 3.63. The fourth-order valence-electron chi connectivity index (χ4n) is 2.15. The Morgan fingerprint density at radius 3 is 2.45 bits per heavy atom. The number of nitrogens with zero attached hydrogens (tertiary/aromatic N) is 1. The van der Waals surface area contributed by atoms with E-state index in [2.05, 4.69) is 0 Å². The van der Waals surface area contributed by atoms with Gasteiger partial charge in [-0.05, 0) is 30.7 Å². The van der Waals surface area contributed by atoms with Crippen molar-refractivity contribution in [2.45, 2.75) is 25.4 Å². The number of benzene rings is 1. The van der Waals surface area contributed by atoms with Gasteiger partial charge in [0, 0.05) is 0 Å². The number of hydrogen-bond donors (Lipinski definition) is 1. The summed E-state index contributed by atoms with van der Waals surface area (Å²) >= 11 is 0. The van der Waals surface area contributed by atoms with Crippen LogP contribution in [-0.2, 0) is 4.79 Å². The molecule has 1 saturated heterocycles. The average molecular weight is 279 g/mol. The Balaban J connectivity index is 1.69. The second kappa shape index (κ2) is 6.13. The van der Waals surface area contributed by atoms with Gasteiger partial charge in [0.25, 0.3) is 0 Å². The maximum atomic E-state index is 11.8. The van der Waals surface area contributed by atoms with Gasteiger partial charge in [-0.3, -0.25) is 4.79 Å². The zero-order chi connectivity index (χ0) is 14.6. The van der Waals surface area contributed by atoms with Crippen LogP contribution in [0.15, 0.2) is 24.3 Å². The SMILES string of the molecule is CCC1(O)CN(C(=O)CCOc2ccc(OC)cc2)C1. The molecular formula is C15H21NO4. The summed E-state index contributed by atoms with van der Waals surface area (Å²) in [6.45, 7) is 3.14. The molecule has 1 amide bonds. The Morgan fingerprint density at radius 1 is 1.30 bits per heavy atom. The molecule has 1 N–H and O–H groups in total. The third-order valence-electron chi connectivity index (χ3n) is 3.63. The highest BCUT2D eigenvalue weighted by atomic mass is 16.5. The number of methoxy groups -OCH3 is 1. The molecule has 0 bridgehead atoms. The van der Waals surface area contributed by atoms with Crippen molar-refractivity contribution in [2.24, 2.45) is 0 Å². The van der Waals surface area contributed by atoms with Gasteiger partial charge in [-0.2, -0.15) is 0 Å². The van der Waals surface area contributed by atoms with Gasteiger partial charge in [0.1, 0.15) is 11.5 Å². The summed E-state index contributed by atoms with van der Waals surface area (Å²) in [6, 6.07) is 7.24. The monoisotopic (exact) mass is 279 g/mol. The Bertz CT molecular complexity index is 451. The lowest BCUT2D eigenvalue weighted by Gasteiger charge is -2.46. The van der Waals surface area contributed by atoms with E-state index < -0.39 is 5.60 Å². The quantitative estimate of drug-likeness (QED) is 0.856. The topological polar surface area (TPSA) is 59.0 Å². The molecule has 0 spiro atoms. The highest BCUT2D eigenvalue weighted by Gasteiger charge is 2.41. The van der Waals surface area contributed by atoms with Crippen LogP contribution in [0.2, 0.25) is 0 Å². The zero-order valence-corrected chi connectivity index (χ0v) is 12.0. The molecule has 1 fully saturated rings. The van der Waals surface area contributed by atoms with E-state index in [4.69, 9.17) is 9.47 Å². The summed E-state index contributed by atoms with van der Waals surface area (Å²) in [5, 5.41) is 9.85. The van der Waals surface area contributed by atoms with Crippen molar-refractivity contribution in [1.82, 2.24) is 4.90 Å². The van der Waals surface area contributed by atoms with Gasteiger partial charge in [-0.25, -0.2) is 0 Å². The maximum Gasteiger partial charge on any atom is 0.226 e. The first kappa shape index (κ1) is 14.7. The van der Waals surface area contributed by atoms with E-state index in [1.807, 2.05) is 31.2 Å². The molecular weight excluding hydrogens is 258 g/mol. The predicted octanol–water partition coefficient (Wildman–Crippen LogP) is 1.45. The van der Waals surface area contributed by atoms with Crippen LogP contribution in [0.5, 0.6) is 11.5 Å². The highest BCUT2D eigenvalue weighted by Crippen LogP contribution is 2.24. The lowest BCUT2D eigenvalue weighted by atomic mass is 9.91. The van der Waals surface area contributed by atoms with E-state index in [1.54, 1.807) is 12.0 Å². The lowest BCUT2D eigenvalue weighted by Crippen LogP contribution is -2.63. The van der Waals surface area contributed by atoms with E-state index in [-0.39, 0.29) is 5.91 Å². The minimum absolute atomic E-state index is 0.0247. The van der Waals surface area contributed by atoms with Gasteiger partial charge in [0.2, 0.25) is 5.91 Å². The van der Waals surface area contributed by atoms with Gasteiger partial charge >= 0.3 is 0 Å². The molecule has 0 atom stereocenters. The summed E-state index contributed by atoms with van der Waals surface area (Å²) in [5.41, 5.74) is -0.674. The number of hydrogen-bond acceptors (Lipinski definition) is 4. The van der Waals surface area contributed by atoms with E-state index in [0.717, 1.165) is 5.75 Å². The van der Waals surface area contributed by atoms with Crippen molar-refractivity contribution in [3.05, 3.63) is 24.3 Å². The van der Waals surface area contributed by atoms with Crippen LogP contribution >= 0.6 is 0 Å².